The largest absolute Gasteiger partial charge is 0.453 e. The first-order valence-electron chi connectivity index (χ1n) is 18.0. The molecule has 11 aromatic rings. The smallest absolute Gasteiger partial charge is 0.159 e. The Balaban J connectivity index is 1.22. The zero-order valence-electron chi connectivity index (χ0n) is 28.7. The molecule has 0 bridgehead atoms. The van der Waals surface area contributed by atoms with Crippen LogP contribution in [0, 0.1) is 0 Å². The second-order valence-electron chi connectivity index (χ2n) is 13.6. The van der Waals surface area contributed by atoms with E-state index >= 15 is 0 Å². The molecule has 9 aromatic carbocycles. The molecular weight excluding hydrogens is 663 g/mol. The maximum Gasteiger partial charge on any atom is 0.159 e. The molecule has 0 spiro atoms. The van der Waals surface area contributed by atoms with Crippen molar-refractivity contribution in [1.82, 2.24) is 0 Å². The minimum atomic E-state index is 0.865. The summed E-state index contributed by atoms with van der Waals surface area (Å²) in [5.41, 5.74) is 9.66. The normalized spacial score (nSPS) is 11.8. The van der Waals surface area contributed by atoms with Gasteiger partial charge < -0.3 is 9.32 Å². The fourth-order valence-electron chi connectivity index (χ4n) is 8.22. The lowest BCUT2D eigenvalue weighted by molar-refractivity contribution is 0.670. The van der Waals surface area contributed by atoms with Gasteiger partial charge in [-0.2, -0.15) is 0 Å². The van der Waals surface area contributed by atoms with Crippen LogP contribution in [0.15, 0.2) is 192 Å². The third kappa shape index (κ3) is 4.71. The number of hydrogen-bond acceptors (Lipinski definition) is 3. The average molecular weight is 694 g/mol. The zero-order chi connectivity index (χ0) is 34.9. The van der Waals surface area contributed by atoms with E-state index in [0.717, 1.165) is 44.6 Å². The van der Waals surface area contributed by atoms with E-state index in [1.54, 1.807) is 0 Å². The van der Waals surface area contributed by atoms with Crippen molar-refractivity contribution in [2.24, 2.45) is 0 Å². The highest BCUT2D eigenvalue weighted by Crippen LogP contribution is 2.49. The van der Waals surface area contributed by atoms with E-state index in [-0.39, 0.29) is 0 Å². The van der Waals surface area contributed by atoms with Crippen LogP contribution in [0.2, 0.25) is 0 Å². The number of rotatable bonds is 5. The van der Waals surface area contributed by atoms with Gasteiger partial charge in [0.25, 0.3) is 0 Å². The molecule has 0 amide bonds. The minimum Gasteiger partial charge on any atom is -0.453 e. The molecule has 3 heteroatoms. The number of furan rings is 1. The van der Waals surface area contributed by atoms with Gasteiger partial charge in [0.05, 0.1) is 16.1 Å². The van der Waals surface area contributed by atoms with Crippen molar-refractivity contribution in [2.45, 2.75) is 0 Å². The lowest BCUT2D eigenvalue weighted by Gasteiger charge is -2.26. The summed E-state index contributed by atoms with van der Waals surface area (Å²) < 4.78 is 9.80. The molecule has 0 aliphatic rings. The molecule has 0 aliphatic heterocycles. The Hall–Kier alpha value is -6.68. The quantitative estimate of drug-likeness (QED) is 0.178. The highest BCUT2D eigenvalue weighted by Gasteiger charge is 2.24. The van der Waals surface area contributed by atoms with Crippen molar-refractivity contribution in [1.29, 1.82) is 0 Å². The molecule has 2 nitrogen and oxygen atoms in total. The number of thiophene rings is 1. The van der Waals surface area contributed by atoms with E-state index in [0.29, 0.717) is 0 Å². The van der Waals surface area contributed by atoms with Crippen molar-refractivity contribution in [3.63, 3.8) is 0 Å². The summed E-state index contributed by atoms with van der Waals surface area (Å²) in [6, 6.07) is 67.7. The molecule has 2 aromatic heterocycles. The van der Waals surface area contributed by atoms with Gasteiger partial charge in [-0.25, -0.2) is 0 Å². The first-order valence-corrected chi connectivity index (χ1v) is 18.8. The maximum absolute atomic E-state index is 7.28. The van der Waals surface area contributed by atoms with E-state index in [1.165, 1.54) is 58.4 Å². The molecule has 0 N–H and O–H groups in total. The van der Waals surface area contributed by atoms with Gasteiger partial charge in [0, 0.05) is 37.5 Å². The lowest BCUT2D eigenvalue weighted by Crippen LogP contribution is -2.10. The summed E-state index contributed by atoms with van der Waals surface area (Å²) in [4.78, 5) is 2.40. The van der Waals surface area contributed by atoms with Gasteiger partial charge in [-0.3, -0.25) is 0 Å². The molecule has 0 saturated heterocycles. The number of anilines is 3. The molecule has 0 atom stereocenters. The Bertz CT molecular complexity index is 3170. The van der Waals surface area contributed by atoms with Crippen LogP contribution in [-0.2, 0) is 0 Å². The third-order valence-electron chi connectivity index (χ3n) is 10.6. The van der Waals surface area contributed by atoms with Gasteiger partial charge >= 0.3 is 0 Å². The Morgan fingerprint density at radius 1 is 0.396 bits per heavy atom. The zero-order valence-corrected chi connectivity index (χ0v) is 29.5. The highest BCUT2D eigenvalue weighted by atomic mass is 32.1. The van der Waals surface area contributed by atoms with Crippen LogP contribution in [-0.4, -0.2) is 0 Å². The fourth-order valence-corrected chi connectivity index (χ4v) is 9.42. The van der Waals surface area contributed by atoms with E-state index in [4.69, 9.17) is 4.42 Å². The van der Waals surface area contributed by atoms with Crippen LogP contribution in [0.3, 0.4) is 0 Å². The van der Waals surface area contributed by atoms with Gasteiger partial charge in [0.15, 0.2) is 5.58 Å². The molecule has 0 fully saturated rings. The average Bonchev–Trinajstić information content (AvgIpc) is 3.80. The number of fused-ring (bicyclic) bond motifs is 8. The second kappa shape index (κ2) is 11.9. The summed E-state index contributed by atoms with van der Waals surface area (Å²) >= 11 is 1.85. The standard InChI is InChI=1S/C50H31NOS/c1-2-13-32(14-3-1)33-27-29-36(30-28-33)51(45-25-12-23-42-39-20-8-9-26-46(39)53-50(42)45)44-24-11-22-41-43-31-35-16-5-7-19-38(35)47(49(43)52-48(41)44)40-21-10-17-34-15-4-6-18-37(34)40/h1-31H. The van der Waals surface area contributed by atoms with E-state index in [1.807, 2.05) is 11.3 Å². The van der Waals surface area contributed by atoms with Gasteiger partial charge in [-0.15, -0.1) is 11.3 Å². The van der Waals surface area contributed by atoms with Gasteiger partial charge in [0.1, 0.15) is 5.58 Å². The molecule has 0 aliphatic carbocycles. The monoisotopic (exact) mass is 693 g/mol. The Morgan fingerprint density at radius 2 is 1.02 bits per heavy atom. The predicted molar refractivity (Wildman–Crippen MR) is 227 cm³/mol. The van der Waals surface area contributed by atoms with Crippen molar-refractivity contribution in [2.75, 3.05) is 4.90 Å². The molecule has 0 unspecified atom stereocenters. The molecular formula is C50H31NOS. The van der Waals surface area contributed by atoms with Crippen molar-refractivity contribution >= 4 is 92.1 Å². The van der Waals surface area contributed by atoms with Gasteiger partial charge in [0.2, 0.25) is 0 Å². The van der Waals surface area contributed by atoms with Crippen LogP contribution in [0.5, 0.6) is 0 Å². The van der Waals surface area contributed by atoms with Crippen LogP contribution >= 0.6 is 11.3 Å². The molecule has 53 heavy (non-hydrogen) atoms. The topological polar surface area (TPSA) is 16.4 Å². The summed E-state index contributed by atoms with van der Waals surface area (Å²) in [7, 11) is 0. The van der Waals surface area contributed by atoms with Crippen LogP contribution in [0.25, 0.3) is 85.9 Å². The number of para-hydroxylation sites is 1. The predicted octanol–water partition coefficient (Wildman–Crippen LogP) is 15.1. The van der Waals surface area contributed by atoms with Crippen molar-refractivity contribution in [3.05, 3.63) is 188 Å². The Kier molecular flexibility index (Phi) is 6.76. The number of hydrogen-bond donors (Lipinski definition) is 0. The molecule has 0 radical (unpaired) electrons. The summed E-state index contributed by atoms with van der Waals surface area (Å²) in [6.45, 7) is 0. The highest BCUT2D eigenvalue weighted by molar-refractivity contribution is 7.26. The summed E-state index contributed by atoms with van der Waals surface area (Å²) in [5, 5.41) is 9.55. The number of nitrogens with zero attached hydrogens (tertiary/aromatic N) is 1. The lowest BCUT2D eigenvalue weighted by atomic mass is 9.92. The molecule has 2 heterocycles. The SMILES string of the molecule is c1ccc(-c2ccc(N(c3cccc4c3oc3c(-c5cccc6ccccc56)c5ccccc5cc34)c3cccc4c3sc3ccccc34)cc2)cc1. The molecule has 0 saturated carbocycles. The second-order valence-corrected chi connectivity index (χ2v) is 14.7. The van der Waals surface area contributed by atoms with Crippen LogP contribution < -0.4 is 4.90 Å². The van der Waals surface area contributed by atoms with E-state index < -0.39 is 0 Å². The molecule has 11 rings (SSSR count). The third-order valence-corrected chi connectivity index (χ3v) is 11.9. The fraction of sp³-hybridized carbons (Fsp3) is 0. The first kappa shape index (κ1) is 30.0. The summed E-state index contributed by atoms with van der Waals surface area (Å²) in [6.07, 6.45) is 0. The van der Waals surface area contributed by atoms with Gasteiger partial charge in [-0.1, -0.05) is 152 Å². The maximum atomic E-state index is 7.28. The minimum absolute atomic E-state index is 0.865. The Labute approximate surface area is 310 Å². The number of benzene rings is 9. The van der Waals surface area contributed by atoms with Crippen LogP contribution in [0.1, 0.15) is 0 Å². The van der Waals surface area contributed by atoms with E-state index in [9.17, 15) is 0 Å². The van der Waals surface area contributed by atoms with Gasteiger partial charge in [-0.05, 0) is 74.6 Å². The van der Waals surface area contributed by atoms with E-state index in [2.05, 4.69) is 193 Å². The van der Waals surface area contributed by atoms with Crippen LogP contribution in [0.4, 0.5) is 17.1 Å². The van der Waals surface area contributed by atoms with Crippen molar-refractivity contribution in [3.8, 4) is 22.3 Å². The summed E-state index contributed by atoms with van der Waals surface area (Å²) in [5.74, 6) is 0. The first-order chi connectivity index (χ1) is 26.3. The molecule has 248 valence electrons. The van der Waals surface area contributed by atoms with Crippen molar-refractivity contribution < 1.29 is 4.42 Å². The Morgan fingerprint density at radius 3 is 1.87 bits per heavy atom.